The van der Waals surface area contributed by atoms with Gasteiger partial charge < -0.3 is 5.73 Å². The molecule has 0 heterocycles. The molecule has 1 aromatic carbocycles. The van der Waals surface area contributed by atoms with E-state index in [2.05, 4.69) is 20.1 Å². The van der Waals surface area contributed by atoms with Crippen molar-refractivity contribution < 1.29 is 9.18 Å². The van der Waals surface area contributed by atoms with Gasteiger partial charge in [0.25, 0.3) is 0 Å². The highest BCUT2D eigenvalue weighted by Gasteiger charge is 2.59. The number of rotatable bonds is 8. The van der Waals surface area contributed by atoms with Crippen LogP contribution in [0.15, 0.2) is 59.6 Å². The van der Waals surface area contributed by atoms with E-state index in [1.807, 2.05) is 32.9 Å². The van der Waals surface area contributed by atoms with Crippen LogP contribution < -0.4 is 5.73 Å². The molecule has 2 rings (SSSR count). The first-order valence-corrected chi connectivity index (χ1v) is 10.7. The van der Waals surface area contributed by atoms with Crippen LogP contribution in [0.4, 0.5) is 4.39 Å². The minimum atomic E-state index is -1.17. The van der Waals surface area contributed by atoms with Crippen LogP contribution in [-0.4, -0.2) is 11.6 Å². The molecule has 4 heteroatoms. The van der Waals surface area contributed by atoms with E-state index in [9.17, 15) is 9.18 Å². The van der Waals surface area contributed by atoms with Crippen molar-refractivity contribution in [2.75, 3.05) is 0 Å². The number of carbonyl (C=O) groups excluding carboxylic acids is 1. The third-order valence-electron chi connectivity index (χ3n) is 6.22. The van der Waals surface area contributed by atoms with Crippen molar-refractivity contribution in [2.45, 2.75) is 72.8 Å². The molecule has 2 unspecified atom stereocenters. The molecule has 0 aromatic heterocycles. The van der Waals surface area contributed by atoms with E-state index < -0.39 is 11.0 Å². The molecule has 0 fully saturated rings. The Hall–Kier alpha value is -2.49. The number of fused-ring (bicyclic) bond motifs is 1. The van der Waals surface area contributed by atoms with Gasteiger partial charge in [0.2, 0.25) is 0 Å². The standard InChI is InChI=1S/C24H31FN2O.C2H6/c1-7-16(4)19(8-2)12-13-23(9-3)15-20-10-11-21(25)14-22(20)24(23,17(5)28)27-18(6)26;1-2/h7-8,10-11,14H,1-2,9,12-13,15H2,3-6H3,(H2,26,27);1-2H3/b19-16+;. The zero-order valence-electron chi connectivity index (χ0n) is 19.4. The Balaban J connectivity index is 0.00000218. The maximum Gasteiger partial charge on any atom is 0.162 e. The summed E-state index contributed by atoms with van der Waals surface area (Å²) in [5, 5.41) is 0. The van der Waals surface area contributed by atoms with E-state index in [1.54, 1.807) is 13.0 Å². The van der Waals surface area contributed by atoms with Crippen molar-refractivity contribution in [1.29, 1.82) is 0 Å². The minimum absolute atomic E-state index is 0.104. The maximum atomic E-state index is 14.2. The van der Waals surface area contributed by atoms with Crippen LogP contribution in [0.2, 0.25) is 0 Å². The van der Waals surface area contributed by atoms with Gasteiger partial charge in [0.05, 0.1) is 5.84 Å². The zero-order chi connectivity index (χ0) is 23.1. The second-order valence-corrected chi connectivity index (χ2v) is 7.75. The molecule has 0 amide bonds. The van der Waals surface area contributed by atoms with Gasteiger partial charge in [-0.15, -0.1) is 0 Å². The van der Waals surface area contributed by atoms with Gasteiger partial charge in [-0.2, -0.15) is 0 Å². The monoisotopic (exact) mass is 412 g/mol. The van der Waals surface area contributed by atoms with Crippen LogP contribution in [-0.2, 0) is 16.8 Å². The van der Waals surface area contributed by atoms with Crippen LogP contribution in [0.3, 0.4) is 0 Å². The Morgan fingerprint density at radius 3 is 2.33 bits per heavy atom. The second kappa shape index (κ2) is 10.5. The van der Waals surface area contributed by atoms with E-state index >= 15 is 0 Å². The van der Waals surface area contributed by atoms with Crippen molar-refractivity contribution in [3.8, 4) is 0 Å². The van der Waals surface area contributed by atoms with E-state index in [4.69, 9.17) is 10.7 Å². The van der Waals surface area contributed by atoms with E-state index in [0.717, 1.165) is 29.6 Å². The van der Waals surface area contributed by atoms with Crippen molar-refractivity contribution in [2.24, 2.45) is 16.1 Å². The van der Waals surface area contributed by atoms with Gasteiger partial charge in [-0.3, -0.25) is 9.79 Å². The summed E-state index contributed by atoms with van der Waals surface area (Å²) in [4.78, 5) is 17.8. The van der Waals surface area contributed by atoms with Gasteiger partial charge in [-0.05, 0) is 80.9 Å². The van der Waals surface area contributed by atoms with Gasteiger partial charge in [-0.25, -0.2) is 4.39 Å². The molecule has 2 atom stereocenters. The quantitative estimate of drug-likeness (QED) is 0.304. The highest BCUT2D eigenvalue weighted by Crippen LogP contribution is 2.58. The van der Waals surface area contributed by atoms with Gasteiger partial charge in [0.1, 0.15) is 5.82 Å². The van der Waals surface area contributed by atoms with Gasteiger partial charge in [0, 0.05) is 5.41 Å². The molecule has 2 N–H and O–H groups in total. The Morgan fingerprint density at radius 1 is 1.23 bits per heavy atom. The number of nitrogens with zero attached hydrogens (tertiary/aromatic N) is 1. The molecular weight excluding hydrogens is 375 g/mol. The summed E-state index contributed by atoms with van der Waals surface area (Å²) in [5.74, 6) is -0.143. The van der Waals surface area contributed by atoms with Gasteiger partial charge >= 0.3 is 0 Å². The fraction of sp³-hybridized carbons (Fsp3) is 0.462. The number of allylic oxidation sites excluding steroid dienone is 4. The molecule has 1 aromatic rings. The number of halogens is 1. The first-order chi connectivity index (χ1) is 14.2. The first kappa shape index (κ1) is 25.5. The number of aliphatic imine (C=N–C) groups is 1. The van der Waals surface area contributed by atoms with Crippen LogP contribution in [0, 0.1) is 11.2 Å². The third kappa shape index (κ3) is 4.48. The smallest absolute Gasteiger partial charge is 0.162 e. The number of amidine groups is 1. The number of Topliss-reactive ketones (excluding diaryl/α,β-unsaturated/α-hetero) is 1. The largest absolute Gasteiger partial charge is 0.388 e. The zero-order valence-corrected chi connectivity index (χ0v) is 19.4. The van der Waals surface area contributed by atoms with Crippen molar-refractivity contribution in [1.82, 2.24) is 0 Å². The molecule has 30 heavy (non-hydrogen) atoms. The summed E-state index contributed by atoms with van der Waals surface area (Å²) in [5.41, 5.74) is 8.10. The molecule has 164 valence electrons. The highest BCUT2D eigenvalue weighted by atomic mass is 19.1. The molecule has 3 nitrogen and oxygen atoms in total. The molecule has 0 saturated carbocycles. The predicted molar refractivity (Wildman–Crippen MR) is 126 cm³/mol. The molecule has 0 spiro atoms. The Kier molecular flexibility index (Phi) is 8.95. The summed E-state index contributed by atoms with van der Waals surface area (Å²) in [6.07, 6.45) is 6.48. The van der Waals surface area contributed by atoms with Gasteiger partial charge in [-0.1, -0.05) is 52.1 Å². The van der Waals surface area contributed by atoms with Crippen LogP contribution in [0.1, 0.15) is 71.9 Å². The van der Waals surface area contributed by atoms with Crippen LogP contribution in [0.5, 0.6) is 0 Å². The van der Waals surface area contributed by atoms with E-state index in [-0.39, 0.29) is 11.6 Å². The number of hydrogen-bond donors (Lipinski definition) is 1. The van der Waals surface area contributed by atoms with E-state index in [0.29, 0.717) is 24.2 Å². The van der Waals surface area contributed by atoms with Gasteiger partial charge in [0.15, 0.2) is 11.3 Å². The predicted octanol–water partition coefficient (Wildman–Crippen LogP) is 6.43. The fourth-order valence-corrected chi connectivity index (χ4v) is 4.70. The van der Waals surface area contributed by atoms with Crippen molar-refractivity contribution in [3.05, 3.63) is 71.6 Å². The lowest BCUT2D eigenvalue weighted by atomic mass is 9.63. The number of ketones is 1. The third-order valence-corrected chi connectivity index (χ3v) is 6.22. The maximum absolute atomic E-state index is 14.2. The molecule has 0 aliphatic heterocycles. The number of carbonyl (C=O) groups is 1. The Labute approximate surface area is 181 Å². The molecular formula is C26H37FN2O. The average Bonchev–Trinajstić information content (AvgIpc) is 2.99. The van der Waals surface area contributed by atoms with Crippen LogP contribution >= 0.6 is 0 Å². The number of nitrogens with two attached hydrogens (primary N) is 1. The van der Waals surface area contributed by atoms with Crippen LogP contribution in [0.25, 0.3) is 0 Å². The minimum Gasteiger partial charge on any atom is -0.388 e. The molecule has 0 saturated heterocycles. The lowest BCUT2D eigenvalue weighted by molar-refractivity contribution is -0.127. The first-order valence-electron chi connectivity index (χ1n) is 10.7. The molecule has 1 aliphatic rings. The summed E-state index contributed by atoms with van der Waals surface area (Å²) in [6, 6.07) is 4.69. The average molecular weight is 413 g/mol. The summed E-state index contributed by atoms with van der Waals surface area (Å²) in [6.45, 7) is 19.1. The lowest BCUT2D eigenvalue weighted by Gasteiger charge is -2.42. The normalized spacial score (nSPS) is 23.6. The Bertz CT molecular complexity index is 864. The molecule has 0 radical (unpaired) electrons. The van der Waals surface area contributed by atoms with E-state index in [1.165, 1.54) is 19.1 Å². The Morgan fingerprint density at radius 2 is 1.87 bits per heavy atom. The van der Waals surface area contributed by atoms with Crippen molar-refractivity contribution in [3.63, 3.8) is 0 Å². The highest BCUT2D eigenvalue weighted by molar-refractivity contribution is 5.93. The van der Waals surface area contributed by atoms with Crippen molar-refractivity contribution >= 4 is 11.6 Å². The molecule has 0 bridgehead atoms. The second-order valence-electron chi connectivity index (χ2n) is 7.75. The SMILES string of the molecule is C=C/C(C)=C(\C=C)CCC1(CC)Cc2ccc(F)cc2C1(N=C(C)N)C(C)=O.CC. The summed E-state index contributed by atoms with van der Waals surface area (Å²) < 4.78 is 14.2. The summed E-state index contributed by atoms with van der Waals surface area (Å²) >= 11 is 0. The molecule has 1 aliphatic carbocycles. The number of hydrogen-bond acceptors (Lipinski definition) is 2. The number of benzene rings is 1. The fourth-order valence-electron chi connectivity index (χ4n) is 4.70. The summed E-state index contributed by atoms with van der Waals surface area (Å²) in [7, 11) is 0. The topological polar surface area (TPSA) is 55.4 Å². The lowest BCUT2D eigenvalue weighted by Crippen LogP contribution is -2.47.